The third kappa shape index (κ3) is 4.21. The van der Waals surface area contributed by atoms with Crippen molar-refractivity contribution < 1.29 is 23.7 Å². The molecule has 2 aromatic rings. The summed E-state index contributed by atoms with van der Waals surface area (Å²) >= 11 is 0. The van der Waals surface area contributed by atoms with Gasteiger partial charge in [-0.15, -0.1) is 0 Å². The lowest BCUT2D eigenvalue weighted by atomic mass is 9.87. The molecule has 2 aromatic carbocycles. The summed E-state index contributed by atoms with van der Waals surface area (Å²) in [6.45, 7) is 1.57. The highest BCUT2D eigenvalue weighted by Gasteiger charge is 2.36. The molecule has 1 amide bonds. The molecular formula is C25H32N2O5. The van der Waals surface area contributed by atoms with Gasteiger partial charge >= 0.3 is 0 Å². The van der Waals surface area contributed by atoms with Gasteiger partial charge in [0.15, 0.2) is 23.0 Å². The van der Waals surface area contributed by atoms with E-state index in [2.05, 4.69) is 5.32 Å². The maximum absolute atomic E-state index is 13.5. The van der Waals surface area contributed by atoms with Crippen LogP contribution in [0.2, 0.25) is 0 Å². The fourth-order valence-corrected chi connectivity index (χ4v) is 4.84. The number of hydrogen-bond donors (Lipinski definition) is 1. The van der Waals surface area contributed by atoms with Crippen molar-refractivity contribution in [1.82, 2.24) is 10.2 Å². The van der Waals surface area contributed by atoms with Crippen LogP contribution in [0.5, 0.6) is 23.0 Å². The van der Waals surface area contributed by atoms with Crippen LogP contribution in [-0.2, 0) is 17.6 Å². The van der Waals surface area contributed by atoms with E-state index in [0.29, 0.717) is 36.0 Å². The summed E-state index contributed by atoms with van der Waals surface area (Å²) in [5.74, 6) is 2.94. The minimum Gasteiger partial charge on any atom is -0.493 e. The molecule has 0 spiro atoms. The van der Waals surface area contributed by atoms with Crippen LogP contribution in [0.15, 0.2) is 30.3 Å². The maximum Gasteiger partial charge on any atom is 0.240 e. The molecule has 1 fully saturated rings. The van der Waals surface area contributed by atoms with Gasteiger partial charge in [-0.25, -0.2) is 0 Å². The van der Waals surface area contributed by atoms with Crippen molar-refractivity contribution in [2.24, 2.45) is 0 Å². The van der Waals surface area contributed by atoms with Gasteiger partial charge < -0.3 is 29.2 Å². The van der Waals surface area contributed by atoms with Crippen molar-refractivity contribution in [2.45, 2.75) is 37.8 Å². The number of methoxy groups -OCH3 is 4. The summed E-state index contributed by atoms with van der Waals surface area (Å²) in [6, 6.07) is 9.80. The summed E-state index contributed by atoms with van der Waals surface area (Å²) in [5.41, 5.74) is 3.37. The Morgan fingerprint density at radius 2 is 1.66 bits per heavy atom. The Hall–Kier alpha value is -2.93. The number of carbonyl (C=O) groups is 1. The van der Waals surface area contributed by atoms with E-state index >= 15 is 0 Å². The first-order valence-corrected chi connectivity index (χ1v) is 11.1. The van der Waals surface area contributed by atoms with E-state index < -0.39 is 0 Å². The van der Waals surface area contributed by atoms with E-state index in [1.165, 1.54) is 5.56 Å². The van der Waals surface area contributed by atoms with Gasteiger partial charge in [-0.05, 0) is 73.2 Å². The molecule has 1 N–H and O–H groups in total. The molecule has 7 nitrogen and oxygen atoms in total. The minimum atomic E-state index is -0.107. The molecule has 172 valence electrons. The molecular weight excluding hydrogens is 408 g/mol. The van der Waals surface area contributed by atoms with Crippen molar-refractivity contribution >= 4 is 5.91 Å². The van der Waals surface area contributed by atoms with Gasteiger partial charge in [0.25, 0.3) is 0 Å². The van der Waals surface area contributed by atoms with Gasteiger partial charge in [0.2, 0.25) is 5.91 Å². The number of hydrogen-bond acceptors (Lipinski definition) is 6. The van der Waals surface area contributed by atoms with E-state index in [9.17, 15) is 4.79 Å². The normalized spacial score (nSPS) is 19.9. The van der Waals surface area contributed by atoms with E-state index in [1.54, 1.807) is 28.4 Å². The third-order valence-electron chi connectivity index (χ3n) is 6.52. The number of benzene rings is 2. The second-order valence-corrected chi connectivity index (χ2v) is 8.25. The molecule has 4 rings (SSSR count). The Kier molecular flexibility index (Phi) is 6.74. The largest absolute Gasteiger partial charge is 0.493 e. The van der Waals surface area contributed by atoms with Gasteiger partial charge in [-0.2, -0.15) is 0 Å². The lowest BCUT2D eigenvalue weighted by Gasteiger charge is -2.39. The van der Waals surface area contributed by atoms with E-state index in [4.69, 9.17) is 18.9 Å². The molecule has 0 bridgehead atoms. The monoisotopic (exact) mass is 440 g/mol. The summed E-state index contributed by atoms with van der Waals surface area (Å²) in [7, 11) is 6.55. The highest BCUT2D eigenvalue weighted by atomic mass is 16.5. The minimum absolute atomic E-state index is 0.105. The number of amides is 1. The van der Waals surface area contributed by atoms with Crippen molar-refractivity contribution in [3.8, 4) is 23.0 Å². The van der Waals surface area contributed by atoms with E-state index in [0.717, 1.165) is 36.9 Å². The quantitative estimate of drug-likeness (QED) is 0.714. The average Bonchev–Trinajstić information content (AvgIpc) is 3.37. The summed E-state index contributed by atoms with van der Waals surface area (Å²) in [6.07, 6.45) is 3.38. The van der Waals surface area contributed by atoms with Crippen LogP contribution in [0.1, 0.15) is 35.6 Å². The zero-order valence-electron chi connectivity index (χ0n) is 19.3. The summed E-state index contributed by atoms with van der Waals surface area (Å²) in [5, 5.41) is 3.36. The van der Waals surface area contributed by atoms with Crippen molar-refractivity contribution in [3.63, 3.8) is 0 Å². The number of nitrogens with one attached hydrogen (secondary N) is 1. The molecule has 2 aliphatic rings. The molecule has 0 radical (unpaired) electrons. The van der Waals surface area contributed by atoms with Crippen LogP contribution in [0, 0.1) is 0 Å². The molecule has 2 aliphatic heterocycles. The third-order valence-corrected chi connectivity index (χ3v) is 6.52. The van der Waals surface area contributed by atoms with E-state index in [1.807, 2.05) is 35.2 Å². The van der Waals surface area contributed by atoms with Gasteiger partial charge in [0.05, 0.1) is 40.5 Å². The lowest BCUT2D eigenvalue weighted by Crippen LogP contribution is -2.48. The van der Waals surface area contributed by atoms with Crippen molar-refractivity contribution in [2.75, 3.05) is 41.5 Å². The molecule has 0 aromatic heterocycles. The van der Waals surface area contributed by atoms with Crippen LogP contribution in [0.25, 0.3) is 0 Å². The highest BCUT2D eigenvalue weighted by Crippen LogP contribution is 2.40. The first kappa shape index (κ1) is 22.3. The van der Waals surface area contributed by atoms with Gasteiger partial charge in [-0.3, -0.25) is 4.79 Å². The Bertz CT molecular complexity index is 971. The fourth-order valence-electron chi connectivity index (χ4n) is 4.84. The predicted molar refractivity (Wildman–Crippen MR) is 122 cm³/mol. The topological polar surface area (TPSA) is 69.3 Å². The van der Waals surface area contributed by atoms with Gasteiger partial charge in [-0.1, -0.05) is 6.07 Å². The smallest absolute Gasteiger partial charge is 0.240 e. The first-order chi connectivity index (χ1) is 15.6. The first-order valence-electron chi connectivity index (χ1n) is 11.1. The zero-order chi connectivity index (χ0) is 22.7. The molecule has 2 atom stereocenters. The highest BCUT2D eigenvalue weighted by molar-refractivity contribution is 5.83. The summed E-state index contributed by atoms with van der Waals surface area (Å²) in [4.78, 5) is 15.5. The lowest BCUT2D eigenvalue weighted by molar-refractivity contribution is -0.136. The Balaban J connectivity index is 1.74. The van der Waals surface area contributed by atoms with Gasteiger partial charge in [0, 0.05) is 6.54 Å². The van der Waals surface area contributed by atoms with Gasteiger partial charge in [0.1, 0.15) is 0 Å². The van der Waals surface area contributed by atoms with Crippen molar-refractivity contribution in [3.05, 3.63) is 47.0 Å². The Morgan fingerprint density at radius 1 is 0.969 bits per heavy atom. The van der Waals surface area contributed by atoms with E-state index in [-0.39, 0.29) is 18.0 Å². The molecule has 7 heteroatoms. The Morgan fingerprint density at radius 3 is 2.31 bits per heavy atom. The average molecular weight is 441 g/mol. The Labute approximate surface area is 189 Å². The molecule has 0 saturated carbocycles. The SMILES string of the molecule is COc1ccc(C[C@@H]2c3cc(OC)c(OC)cc3CCN2C(=O)[C@@H]2CCCN2)cc1OC. The number of nitrogens with zero attached hydrogens (tertiary/aromatic N) is 1. The molecule has 32 heavy (non-hydrogen) atoms. The fraction of sp³-hybridized carbons (Fsp3) is 0.480. The maximum atomic E-state index is 13.5. The number of fused-ring (bicyclic) bond motifs is 1. The van der Waals surface area contributed by atoms with Crippen LogP contribution in [0.4, 0.5) is 0 Å². The number of carbonyl (C=O) groups excluding carboxylic acids is 1. The summed E-state index contributed by atoms with van der Waals surface area (Å²) < 4.78 is 22.0. The van der Waals surface area contributed by atoms with Crippen LogP contribution in [0.3, 0.4) is 0 Å². The zero-order valence-corrected chi connectivity index (χ0v) is 19.3. The molecule has 2 heterocycles. The number of rotatable bonds is 7. The van der Waals surface area contributed by atoms with Crippen LogP contribution >= 0.6 is 0 Å². The number of ether oxygens (including phenoxy) is 4. The van der Waals surface area contributed by atoms with Crippen LogP contribution < -0.4 is 24.3 Å². The standard InChI is InChI=1S/C25H32N2O5/c1-29-21-8-7-16(13-22(21)30-2)12-20-18-15-24(32-4)23(31-3)14-17(18)9-11-27(20)25(28)19-6-5-10-26-19/h7-8,13-15,19-20,26H,5-6,9-12H2,1-4H3/t19-,20+/m0/s1. The van der Waals surface area contributed by atoms with Crippen LogP contribution in [-0.4, -0.2) is 58.4 Å². The molecule has 0 unspecified atom stereocenters. The van der Waals surface area contributed by atoms with Crippen molar-refractivity contribution in [1.29, 1.82) is 0 Å². The molecule has 0 aliphatic carbocycles. The predicted octanol–water partition coefficient (Wildman–Crippen LogP) is 3.14. The second kappa shape index (κ2) is 9.69. The second-order valence-electron chi connectivity index (χ2n) is 8.25. The molecule has 1 saturated heterocycles.